The molecule has 0 aliphatic carbocycles. The van der Waals surface area contributed by atoms with Gasteiger partial charge in [0.05, 0.1) is 99.1 Å². The van der Waals surface area contributed by atoms with Crippen molar-refractivity contribution in [3.05, 3.63) is 0 Å². The Kier molecular flexibility index (Phi) is 25.4. The van der Waals surface area contributed by atoms with Crippen molar-refractivity contribution in [2.75, 3.05) is 112 Å². The van der Waals surface area contributed by atoms with Crippen molar-refractivity contribution in [1.29, 1.82) is 0 Å². The molecule has 0 radical (unpaired) electrons. The Bertz CT molecular complexity index is 328. The number of hydrogen-bond donors (Lipinski definition) is 0. The van der Waals surface area contributed by atoms with Gasteiger partial charge in [0.25, 0.3) is 0 Å². The number of hydrogen-bond acceptors (Lipinski definition) is 8. The monoisotopic (exact) mass is 410 g/mol. The molecule has 0 aromatic carbocycles. The molecule has 0 fully saturated rings. The lowest BCUT2D eigenvalue weighted by Gasteiger charge is -2.08. The smallest absolute Gasteiger partial charge is 0.113 e. The summed E-state index contributed by atoms with van der Waals surface area (Å²) < 4.78 is 53.7. The topological polar surface area (TPSA) is 73.8 Å². The van der Waals surface area contributed by atoms with Crippen molar-refractivity contribution in [2.45, 2.75) is 0 Å². The van der Waals surface area contributed by atoms with E-state index in [4.69, 9.17) is 44.3 Å². The normalized spacial score (nSPS) is 11.0. The van der Waals surface area contributed by atoms with Gasteiger partial charge in [-0.1, -0.05) is 5.92 Å². The van der Waals surface area contributed by atoms with Gasteiger partial charge >= 0.3 is 0 Å². The van der Waals surface area contributed by atoms with Crippen molar-refractivity contribution in [1.82, 2.24) is 0 Å². The maximum Gasteiger partial charge on any atom is 0.113 e. The third-order valence-electron chi connectivity index (χ3n) is 3.01. The Labute approximate surface area is 167 Å². The standard InChI is InChI=1S/C19H35FO8/c1-2-4-21-6-8-23-10-12-25-14-16-27-18-19-28-17-15-26-13-11-24-9-7-22-5-3-20/h1H,3-19H2. The molecule has 0 aromatic rings. The molecule has 0 saturated carbocycles. The number of halogens is 1. The van der Waals surface area contributed by atoms with Crippen LogP contribution in [-0.4, -0.2) is 112 Å². The van der Waals surface area contributed by atoms with Gasteiger partial charge in [-0.25, -0.2) is 4.39 Å². The van der Waals surface area contributed by atoms with Gasteiger partial charge < -0.3 is 37.9 Å². The molecule has 0 amide bonds. The largest absolute Gasteiger partial charge is 0.377 e. The van der Waals surface area contributed by atoms with E-state index in [9.17, 15) is 4.39 Å². The van der Waals surface area contributed by atoms with Gasteiger partial charge in [0.15, 0.2) is 0 Å². The minimum Gasteiger partial charge on any atom is -0.377 e. The molecular formula is C19H35FO8. The van der Waals surface area contributed by atoms with Crippen LogP contribution < -0.4 is 0 Å². The molecule has 0 bridgehead atoms. The average Bonchev–Trinajstić information content (AvgIpc) is 2.71. The van der Waals surface area contributed by atoms with Crippen LogP contribution >= 0.6 is 0 Å². The summed E-state index contributed by atoms with van der Waals surface area (Å²) in [7, 11) is 0. The summed E-state index contributed by atoms with van der Waals surface area (Å²) in [5, 5.41) is 0. The summed E-state index contributed by atoms with van der Waals surface area (Å²) in [6, 6.07) is 0. The highest BCUT2D eigenvalue weighted by Gasteiger charge is 1.94. The van der Waals surface area contributed by atoms with Crippen LogP contribution in [0.25, 0.3) is 0 Å². The van der Waals surface area contributed by atoms with Crippen LogP contribution in [0, 0.1) is 12.3 Å². The first-order valence-electron chi connectivity index (χ1n) is 9.53. The highest BCUT2D eigenvalue weighted by Crippen LogP contribution is 1.85. The van der Waals surface area contributed by atoms with Gasteiger partial charge in [-0.05, 0) is 0 Å². The second-order valence-electron chi connectivity index (χ2n) is 5.23. The molecule has 0 aliphatic rings. The first kappa shape index (κ1) is 27.2. The van der Waals surface area contributed by atoms with E-state index >= 15 is 0 Å². The number of rotatable bonds is 24. The Morgan fingerprint density at radius 2 is 0.679 bits per heavy atom. The van der Waals surface area contributed by atoms with Gasteiger partial charge in [-0.2, -0.15) is 0 Å². The zero-order chi connectivity index (χ0) is 20.4. The molecule has 0 N–H and O–H groups in total. The fourth-order valence-corrected chi connectivity index (χ4v) is 1.73. The Morgan fingerprint density at radius 1 is 0.429 bits per heavy atom. The van der Waals surface area contributed by atoms with Gasteiger partial charge in [-0.15, -0.1) is 6.42 Å². The molecular weight excluding hydrogens is 375 g/mol. The molecule has 0 aromatic heterocycles. The van der Waals surface area contributed by atoms with Gasteiger partial charge in [0, 0.05) is 0 Å². The summed E-state index contributed by atoms with van der Waals surface area (Å²) in [5.41, 5.74) is 0. The highest BCUT2D eigenvalue weighted by molar-refractivity contribution is 4.82. The minimum absolute atomic E-state index is 0.119. The zero-order valence-corrected chi connectivity index (χ0v) is 16.7. The molecule has 166 valence electrons. The summed E-state index contributed by atoms with van der Waals surface area (Å²) in [4.78, 5) is 0. The second kappa shape index (κ2) is 26.2. The van der Waals surface area contributed by atoms with Gasteiger partial charge in [-0.3, -0.25) is 0 Å². The molecule has 0 atom stereocenters. The molecule has 0 aliphatic heterocycles. The van der Waals surface area contributed by atoms with Crippen LogP contribution in [0.4, 0.5) is 4.39 Å². The molecule has 8 nitrogen and oxygen atoms in total. The third-order valence-corrected chi connectivity index (χ3v) is 3.01. The van der Waals surface area contributed by atoms with E-state index in [0.29, 0.717) is 99.1 Å². The first-order chi connectivity index (χ1) is 13.9. The minimum atomic E-state index is -0.469. The fraction of sp³-hybridized carbons (Fsp3) is 0.895. The van der Waals surface area contributed by atoms with E-state index in [2.05, 4.69) is 5.92 Å². The molecule has 0 rings (SSSR count). The first-order valence-corrected chi connectivity index (χ1v) is 9.53. The molecule has 0 spiro atoms. The van der Waals surface area contributed by atoms with Crippen molar-refractivity contribution in [2.24, 2.45) is 0 Å². The molecule has 28 heavy (non-hydrogen) atoms. The van der Waals surface area contributed by atoms with E-state index < -0.39 is 6.67 Å². The van der Waals surface area contributed by atoms with Gasteiger partial charge in [0.1, 0.15) is 13.3 Å². The average molecular weight is 410 g/mol. The fourth-order valence-electron chi connectivity index (χ4n) is 1.73. The Morgan fingerprint density at radius 3 is 0.929 bits per heavy atom. The van der Waals surface area contributed by atoms with Crippen LogP contribution in [0.5, 0.6) is 0 Å². The molecule has 0 unspecified atom stereocenters. The van der Waals surface area contributed by atoms with Gasteiger partial charge in [0.2, 0.25) is 0 Å². The summed E-state index contributed by atoms with van der Waals surface area (Å²) in [6.07, 6.45) is 5.05. The summed E-state index contributed by atoms with van der Waals surface area (Å²) >= 11 is 0. The number of ether oxygens (including phenoxy) is 8. The van der Waals surface area contributed by atoms with E-state index in [1.807, 2.05) is 0 Å². The number of alkyl halides is 1. The zero-order valence-electron chi connectivity index (χ0n) is 16.7. The van der Waals surface area contributed by atoms with Crippen LogP contribution in [-0.2, 0) is 37.9 Å². The van der Waals surface area contributed by atoms with Crippen LogP contribution in [0.2, 0.25) is 0 Å². The van der Waals surface area contributed by atoms with Crippen LogP contribution in [0.15, 0.2) is 0 Å². The maximum atomic E-state index is 11.7. The quantitative estimate of drug-likeness (QED) is 0.170. The summed E-state index contributed by atoms with van der Waals surface area (Å²) in [6.45, 7) is 6.83. The third kappa shape index (κ3) is 25.2. The predicted octanol–water partition coefficient (Wildman–Crippen LogP) is 0.722. The molecule has 0 heterocycles. The van der Waals surface area contributed by atoms with E-state index in [0.717, 1.165) is 0 Å². The lowest BCUT2D eigenvalue weighted by molar-refractivity contribution is -0.0227. The second-order valence-corrected chi connectivity index (χ2v) is 5.23. The summed E-state index contributed by atoms with van der Waals surface area (Å²) in [5.74, 6) is 2.39. The van der Waals surface area contributed by atoms with Crippen LogP contribution in [0.1, 0.15) is 0 Å². The van der Waals surface area contributed by atoms with Crippen molar-refractivity contribution in [3.63, 3.8) is 0 Å². The van der Waals surface area contributed by atoms with E-state index in [1.165, 1.54) is 0 Å². The van der Waals surface area contributed by atoms with Crippen molar-refractivity contribution in [3.8, 4) is 12.3 Å². The van der Waals surface area contributed by atoms with E-state index in [-0.39, 0.29) is 6.61 Å². The van der Waals surface area contributed by atoms with Crippen LogP contribution in [0.3, 0.4) is 0 Å². The molecule has 0 saturated heterocycles. The van der Waals surface area contributed by atoms with E-state index in [1.54, 1.807) is 0 Å². The highest BCUT2D eigenvalue weighted by atomic mass is 19.1. The maximum absolute atomic E-state index is 11.7. The SMILES string of the molecule is C#CCOCCOCCOCCOCCOCCOCCOCCOCCF. The Balaban J connectivity index is 2.97. The Hall–Kier alpha value is -0.830. The molecule has 9 heteroatoms. The number of terminal acetylenes is 1. The predicted molar refractivity (Wildman–Crippen MR) is 101 cm³/mol. The van der Waals surface area contributed by atoms with Crippen molar-refractivity contribution >= 4 is 0 Å². The van der Waals surface area contributed by atoms with Crippen molar-refractivity contribution < 1.29 is 42.3 Å². The lowest BCUT2D eigenvalue weighted by atomic mass is 10.6. The lowest BCUT2D eigenvalue weighted by Crippen LogP contribution is -2.15.